The van der Waals surface area contributed by atoms with Gasteiger partial charge < -0.3 is 0 Å². The summed E-state index contributed by atoms with van der Waals surface area (Å²) in [5.74, 6) is -0.205. The quantitative estimate of drug-likeness (QED) is 0.392. The molecule has 4 aromatic rings. The smallest absolute Gasteiger partial charge is 0.246 e. The van der Waals surface area contributed by atoms with E-state index in [9.17, 15) is 4.79 Å². The molecule has 0 aliphatic rings. The van der Waals surface area contributed by atoms with Crippen molar-refractivity contribution < 1.29 is 4.79 Å². The van der Waals surface area contributed by atoms with Gasteiger partial charge in [-0.05, 0) is 19.1 Å². The summed E-state index contributed by atoms with van der Waals surface area (Å²) >= 11 is 1.53. The van der Waals surface area contributed by atoms with Crippen LogP contribution >= 0.6 is 11.3 Å². The van der Waals surface area contributed by atoms with Crippen molar-refractivity contribution in [3.63, 3.8) is 0 Å². The van der Waals surface area contributed by atoms with Gasteiger partial charge in [0.25, 0.3) is 0 Å². The first-order chi connectivity index (χ1) is 14.2. The van der Waals surface area contributed by atoms with Crippen molar-refractivity contribution in [1.82, 2.24) is 20.2 Å². The number of carbonyl (C=O) groups excluding carboxylic acids is 1. The number of hydrogen-bond donors (Lipinski definition) is 1. The Morgan fingerprint density at radius 2 is 1.86 bits per heavy atom. The summed E-state index contributed by atoms with van der Waals surface area (Å²) < 4.78 is 1.81. The van der Waals surface area contributed by atoms with Crippen LogP contribution in [0.1, 0.15) is 16.3 Å². The summed E-state index contributed by atoms with van der Waals surface area (Å²) in [5, 5.41) is 11.7. The summed E-state index contributed by atoms with van der Waals surface area (Å²) in [4.78, 5) is 16.4. The van der Waals surface area contributed by atoms with Gasteiger partial charge in [0.05, 0.1) is 29.0 Å². The monoisotopic (exact) mass is 401 g/mol. The van der Waals surface area contributed by atoms with Gasteiger partial charge in [-0.1, -0.05) is 48.5 Å². The lowest BCUT2D eigenvalue weighted by Crippen LogP contribution is -2.19. The first-order valence-electron chi connectivity index (χ1n) is 9.12. The number of benzene rings is 2. The minimum atomic E-state index is -0.205. The third-order valence-electron chi connectivity index (χ3n) is 4.21. The highest BCUT2D eigenvalue weighted by Gasteiger charge is 2.11. The molecule has 0 aliphatic heterocycles. The number of para-hydroxylation sites is 1. The number of aromatic nitrogens is 3. The maximum Gasteiger partial charge on any atom is 0.246 e. The molecule has 0 aliphatic carbocycles. The van der Waals surface area contributed by atoms with Gasteiger partial charge in [0, 0.05) is 22.7 Å². The summed E-state index contributed by atoms with van der Waals surface area (Å²) in [6.45, 7) is 1.92. The molecule has 2 aromatic carbocycles. The first-order valence-corrected chi connectivity index (χ1v) is 10.0. The molecule has 0 radical (unpaired) electrons. The molecule has 0 bridgehead atoms. The number of nitrogens with zero attached hydrogens (tertiary/aromatic N) is 4. The molecule has 0 saturated carbocycles. The second-order valence-electron chi connectivity index (χ2n) is 6.41. The first kappa shape index (κ1) is 18.8. The van der Waals surface area contributed by atoms with E-state index in [1.807, 2.05) is 83.8 Å². The lowest BCUT2D eigenvalue weighted by Gasteiger charge is -2.00. The molecule has 144 valence electrons. The topological polar surface area (TPSA) is 72.2 Å². The zero-order chi connectivity index (χ0) is 20.1. The highest BCUT2D eigenvalue weighted by atomic mass is 32.1. The third-order valence-corrected chi connectivity index (χ3v) is 5.03. The van der Waals surface area contributed by atoms with Gasteiger partial charge in [0.1, 0.15) is 5.69 Å². The van der Waals surface area contributed by atoms with Gasteiger partial charge in [0.15, 0.2) is 0 Å². The average Bonchev–Trinajstić information content (AvgIpc) is 3.35. The largest absolute Gasteiger partial charge is 0.273 e. The molecule has 0 spiro atoms. The zero-order valence-electron chi connectivity index (χ0n) is 15.8. The molecule has 1 amide bonds. The molecule has 4 rings (SSSR count). The Morgan fingerprint density at radius 1 is 1.14 bits per heavy atom. The fourth-order valence-corrected chi connectivity index (χ4v) is 3.49. The van der Waals surface area contributed by atoms with Crippen molar-refractivity contribution in [2.45, 2.75) is 13.3 Å². The van der Waals surface area contributed by atoms with Crippen LogP contribution in [0.25, 0.3) is 16.9 Å². The minimum absolute atomic E-state index is 0.205. The molecule has 0 saturated heterocycles. The number of nitrogens with one attached hydrogen (secondary N) is 1. The number of hydrazone groups is 1. The van der Waals surface area contributed by atoms with Crippen LogP contribution in [0.15, 0.2) is 77.3 Å². The fraction of sp³-hybridized carbons (Fsp3) is 0.0909. The Morgan fingerprint density at radius 3 is 2.55 bits per heavy atom. The van der Waals surface area contributed by atoms with Crippen LogP contribution in [0.3, 0.4) is 0 Å². The van der Waals surface area contributed by atoms with Crippen molar-refractivity contribution in [1.29, 1.82) is 0 Å². The standard InChI is InChI=1S/C22H19N5OS/c1-16-24-19(15-29-16)12-21(28)25-23-13-18-14-27(20-10-6-3-7-11-20)26-22(18)17-8-4-2-5-9-17/h2-11,13-15H,12H2,1H3,(H,25,28)/b23-13-. The fourth-order valence-electron chi connectivity index (χ4n) is 2.88. The van der Waals surface area contributed by atoms with Gasteiger partial charge in [-0.25, -0.2) is 15.1 Å². The van der Waals surface area contributed by atoms with Crippen LogP contribution in [0.4, 0.5) is 0 Å². The number of aryl methyl sites for hydroxylation is 1. The van der Waals surface area contributed by atoms with Crippen molar-refractivity contribution in [3.05, 3.63) is 88.5 Å². The van der Waals surface area contributed by atoms with Crippen LogP contribution in [0.2, 0.25) is 0 Å². The second kappa shape index (κ2) is 8.62. The van der Waals surface area contributed by atoms with Gasteiger partial charge in [-0.15, -0.1) is 11.3 Å². The summed E-state index contributed by atoms with van der Waals surface area (Å²) in [6, 6.07) is 19.8. The maximum absolute atomic E-state index is 12.1. The van der Waals surface area contributed by atoms with Crippen molar-refractivity contribution >= 4 is 23.5 Å². The van der Waals surface area contributed by atoms with E-state index in [4.69, 9.17) is 5.10 Å². The van der Waals surface area contributed by atoms with Gasteiger partial charge in [-0.3, -0.25) is 4.79 Å². The Balaban J connectivity index is 1.56. The summed E-state index contributed by atoms with van der Waals surface area (Å²) in [7, 11) is 0. The zero-order valence-corrected chi connectivity index (χ0v) is 16.6. The highest BCUT2D eigenvalue weighted by molar-refractivity contribution is 7.09. The molecule has 0 fully saturated rings. The van der Waals surface area contributed by atoms with E-state index in [0.717, 1.165) is 33.2 Å². The van der Waals surface area contributed by atoms with Crippen molar-refractivity contribution in [2.24, 2.45) is 5.10 Å². The van der Waals surface area contributed by atoms with Crippen LogP contribution in [0, 0.1) is 6.92 Å². The van der Waals surface area contributed by atoms with E-state index in [1.54, 1.807) is 6.21 Å². The average molecular weight is 401 g/mol. The maximum atomic E-state index is 12.1. The van der Waals surface area contributed by atoms with E-state index in [-0.39, 0.29) is 12.3 Å². The predicted molar refractivity (Wildman–Crippen MR) is 115 cm³/mol. The number of amides is 1. The van der Waals surface area contributed by atoms with Crippen LogP contribution in [0.5, 0.6) is 0 Å². The molecular formula is C22H19N5OS. The number of carbonyl (C=O) groups is 1. The predicted octanol–water partition coefficient (Wildman–Crippen LogP) is 4.00. The molecule has 6 nitrogen and oxygen atoms in total. The molecule has 2 heterocycles. The molecule has 2 aromatic heterocycles. The van der Waals surface area contributed by atoms with Crippen LogP contribution in [-0.4, -0.2) is 26.9 Å². The number of hydrogen-bond acceptors (Lipinski definition) is 5. The van der Waals surface area contributed by atoms with Gasteiger partial charge in [0.2, 0.25) is 5.91 Å². The second-order valence-corrected chi connectivity index (χ2v) is 7.47. The normalized spacial score (nSPS) is 11.1. The number of rotatable bonds is 6. The number of thiazole rings is 1. The van der Waals surface area contributed by atoms with E-state index in [2.05, 4.69) is 15.5 Å². The minimum Gasteiger partial charge on any atom is -0.273 e. The Kier molecular flexibility index (Phi) is 5.58. The molecule has 7 heteroatoms. The van der Waals surface area contributed by atoms with Gasteiger partial charge in [-0.2, -0.15) is 10.2 Å². The molecule has 0 unspecified atom stereocenters. The Labute approximate surface area is 172 Å². The van der Waals surface area contributed by atoms with Crippen molar-refractivity contribution in [2.75, 3.05) is 0 Å². The van der Waals surface area contributed by atoms with E-state index in [1.165, 1.54) is 11.3 Å². The SMILES string of the molecule is Cc1nc(CC(=O)N/N=C\c2cn(-c3ccccc3)nc2-c2ccccc2)cs1. The summed E-state index contributed by atoms with van der Waals surface area (Å²) in [5.41, 5.74) is 6.86. The van der Waals surface area contributed by atoms with Crippen LogP contribution < -0.4 is 5.43 Å². The Bertz CT molecular complexity index is 1130. The van der Waals surface area contributed by atoms with E-state index >= 15 is 0 Å². The highest BCUT2D eigenvalue weighted by Crippen LogP contribution is 2.22. The Hall–Kier alpha value is -3.58. The lowest BCUT2D eigenvalue weighted by atomic mass is 10.1. The van der Waals surface area contributed by atoms with Gasteiger partial charge >= 0.3 is 0 Å². The van der Waals surface area contributed by atoms with E-state index < -0.39 is 0 Å². The third kappa shape index (κ3) is 4.64. The van der Waals surface area contributed by atoms with Crippen molar-refractivity contribution in [3.8, 4) is 16.9 Å². The molecular weight excluding hydrogens is 382 g/mol. The summed E-state index contributed by atoms with van der Waals surface area (Å²) in [6.07, 6.45) is 3.73. The lowest BCUT2D eigenvalue weighted by molar-refractivity contribution is -0.120. The van der Waals surface area contributed by atoms with Crippen LogP contribution in [-0.2, 0) is 11.2 Å². The van der Waals surface area contributed by atoms with E-state index in [0.29, 0.717) is 0 Å². The molecule has 1 N–H and O–H groups in total. The molecule has 0 atom stereocenters. The molecule has 29 heavy (non-hydrogen) atoms.